The van der Waals surface area contributed by atoms with E-state index in [4.69, 9.17) is 0 Å². The summed E-state index contributed by atoms with van der Waals surface area (Å²) in [5.74, 6) is -0.962. The van der Waals surface area contributed by atoms with Gasteiger partial charge in [-0.05, 0) is 13.8 Å². The second-order valence-electron chi connectivity index (χ2n) is 3.32. The number of nitrogens with one attached hydrogen (secondary N) is 1. The van der Waals surface area contributed by atoms with Crippen molar-refractivity contribution in [1.29, 1.82) is 0 Å². The fourth-order valence-electron chi connectivity index (χ4n) is 1.17. The van der Waals surface area contributed by atoms with Crippen molar-refractivity contribution in [2.24, 2.45) is 0 Å². The van der Waals surface area contributed by atoms with Crippen molar-refractivity contribution in [2.45, 2.75) is 32.2 Å². The summed E-state index contributed by atoms with van der Waals surface area (Å²) in [6.07, 6.45) is 0. The van der Waals surface area contributed by atoms with E-state index in [2.05, 4.69) is 9.50 Å². The molecule has 0 radical (unpaired) electrons. The molecule has 1 heterocycles. The van der Waals surface area contributed by atoms with Crippen LogP contribution in [0.15, 0.2) is 0 Å². The van der Waals surface area contributed by atoms with E-state index >= 15 is 0 Å². The van der Waals surface area contributed by atoms with E-state index in [1.807, 2.05) is 0 Å². The maximum Gasteiger partial charge on any atom is 0.325 e. The Morgan fingerprint density at radius 1 is 1.53 bits per heavy atom. The van der Waals surface area contributed by atoms with Crippen molar-refractivity contribution in [1.82, 2.24) is 10.2 Å². The molecular formula is C8H12N2O4S. The molecule has 15 heavy (non-hydrogen) atoms. The summed E-state index contributed by atoms with van der Waals surface area (Å²) >= 11 is 0.684. The molecule has 1 atom stereocenters. The van der Waals surface area contributed by atoms with E-state index in [-0.39, 0.29) is 6.04 Å². The molecule has 1 aliphatic rings. The second kappa shape index (κ2) is 4.52. The van der Waals surface area contributed by atoms with Crippen molar-refractivity contribution >= 4 is 30.0 Å². The molecule has 0 bridgehead atoms. The first kappa shape index (κ1) is 11.8. The van der Waals surface area contributed by atoms with Crippen molar-refractivity contribution in [3.05, 3.63) is 0 Å². The Hall–Kier alpha value is -1.24. The van der Waals surface area contributed by atoms with Gasteiger partial charge < -0.3 is 4.18 Å². The predicted molar refractivity (Wildman–Crippen MR) is 53.7 cm³/mol. The molecule has 1 N–H and O–H groups in total. The monoisotopic (exact) mass is 232 g/mol. The lowest BCUT2D eigenvalue weighted by Crippen LogP contribution is -2.38. The van der Waals surface area contributed by atoms with Gasteiger partial charge in [-0.2, -0.15) is 0 Å². The van der Waals surface area contributed by atoms with Crippen molar-refractivity contribution in [3.8, 4) is 0 Å². The van der Waals surface area contributed by atoms with Crippen LogP contribution >= 0.6 is 12.0 Å². The summed E-state index contributed by atoms with van der Waals surface area (Å²) in [5.41, 5.74) is 0. The van der Waals surface area contributed by atoms with Crippen molar-refractivity contribution in [3.63, 3.8) is 0 Å². The zero-order valence-electron chi connectivity index (χ0n) is 8.64. The molecule has 0 spiro atoms. The highest BCUT2D eigenvalue weighted by Crippen LogP contribution is 2.24. The van der Waals surface area contributed by atoms with Gasteiger partial charge in [-0.25, -0.2) is 4.79 Å². The van der Waals surface area contributed by atoms with Crippen LogP contribution in [0.5, 0.6) is 0 Å². The zero-order valence-corrected chi connectivity index (χ0v) is 9.46. The molecule has 0 aromatic carbocycles. The number of hydrogen-bond acceptors (Lipinski definition) is 5. The number of rotatable bonds is 3. The topological polar surface area (TPSA) is 75.7 Å². The Balaban J connectivity index is 2.70. The van der Waals surface area contributed by atoms with Gasteiger partial charge in [0.25, 0.3) is 5.91 Å². The SMILES string of the molecule is CC(=O)OSC1C(=O)NC(=O)N1C(C)C. The molecule has 1 aliphatic heterocycles. The quantitative estimate of drug-likeness (QED) is 0.566. The molecule has 1 unspecified atom stereocenters. The number of hydrogen-bond donors (Lipinski definition) is 1. The van der Waals surface area contributed by atoms with Crippen LogP contribution in [0.2, 0.25) is 0 Å². The minimum absolute atomic E-state index is 0.135. The number of imide groups is 1. The lowest BCUT2D eigenvalue weighted by molar-refractivity contribution is -0.130. The van der Waals surface area contributed by atoms with Crippen LogP contribution in [0.4, 0.5) is 4.79 Å². The van der Waals surface area contributed by atoms with E-state index in [1.165, 1.54) is 11.8 Å². The number of nitrogens with zero attached hydrogens (tertiary/aromatic N) is 1. The fraction of sp³-hybridized carbons (Fsp3) is 0.625. The lowest BCUT2D eigenvalue weighted by atomic mass is 10.3. The molecule has 6 nitrogen and oxygen atoms in total. The standard InChI is InChI=1S/C8H12N2O4S/c1-4(2)10-7(15-14-5(3)11)6(12)9-8(10)13/h4,7H,1-3H3,(H,9,12,13). The van der Waals surface area contributed by atoms with Gasteiger partial charge in [0, 0.05) is 13.0 Å². The van der Waals surface area contributed by atoms with Crippen LogP contribution in [-0.2, 0) is 13.8 Å². The summed E-state index contributed by atoms with van der Waals surface area (Å²) in [7, 11) is 0. The van der Waals surface area contributed by atoms with Crippen LogP contribution in [0, 0.1) is 0 Å². The third-order valence-corrected chi connectivity index (χ3v) is 2.71. The first-order chi connectivity index (χ1) is 6.93. The van der Waals surface area contributed by atoms with E-state index < -0.39 is 23.3 Å². The molecule has 1 rings (SSSR count). The Labute approximate surface area is 91.5 Å². The molecule has 3 amide bonds. The molecule has 0 aliphatic carbocycles. The molecule has 0 saturated carbocycles. The minimum atomic E-state index is -0.790. The summed E-state index contributed by atoms with van der Waals surface area (Å²) in [6, 6.07) is -0.593. The first-order valence-corrected chi connectivity index (χ1v) is 5.21. The molecule has 1 fully saturated rings. The van der Waals surface area contributed by atoms with Crippen molar-refractivity contribution < 1.29 is 18.6 Å². The van der Waals surface area contributed by atoms with E-state index in [9.17, 15) is 14.4 Å². The van der Waals surface area contributed by atoms with Crippen LogP contribution in [0.1, 0.15) is 20.8 Å². The average Bonchev–Trinajstić information content (AvgIpc) is 2.37. The first-order valence-electron chi connectivity index (χ1n) is 4.40. The third kappa shape index (κ3) is 2.62. The van der Waals surface area contributed by atoms with E-state index in [1.54, 1.807) is 13.8 Å². The summed E-state index contributed by atoms with van der Waals surface area (Å²) in [6.45, 7) is 4.79. The average molecular weight is 232 g/mol. The third-order valence-electron chi connectivity index (χ3n) is 1.75. The summed E-state index contributed by atoms with van der Waals surface area (Å²) in [4.78, 5) is 34.6. The smallest absolute Gasteiger partial charge is 0.325 e. The van der Waals surface area contributed by atoms with Crippen molar-refractivity contribution in [2.75, 3.05) is 0 Å². The molecule has 1 saturated heterocycles. The van der Waals surface area contributed by atoms with Gasteiger partial charge in [0.1, 0.15) is 0 Å². The second-order valence-corrected chi connectivity index (χ2v) is 4.12. The van der Waals surface area contributed by atoms with E-state index in [0.717, 1.165) is 0 Å². The number of carbonyl (C=O) groups is 3. The van der Waals surface area contributed by atoms with E-state index in [0.29, 0.717) is 12.0 Å². The fourth-order valence-corrected chi connectivity index (χ4v) is 1.98. The zero-order chi connectivity index (χ0) is 11.6. The van der Waals surface area contributed by atoms with Crippen LogP contribution in [0.25, 0.3) is 0 Å². The van der Waals surface area contributed by atoms with Gasteiger partial charge in [0.05, 0.1) is 12.0 Å². The van der Waals surface area contributed by atoms with Gasteiger partial charge in [-0.15, -0.1) is 0 Å². The van der Waals surface area contributed by atoms with Gasteiger partial charge in [0.2, 0.25) is 0 Å². The Morgan fingerprint density at radius 3 is 2.60 bits per heavy atom. The summed E-state index contributed by atoms with van der Waals surface area (Å²) < 4.78 is 4.65. The Kier molecular flexibility index (Phi) is 3.57. The van der Waals surface area contributed by atoms with Crippen LogP contribution in [-0.4, -0.2) is 34.2 Å². The molecule has 7 heteroatoms. The predicted octanol–water partition coefficient (Wildman–Crippen LogP) is 0.484. The highest BCUT2D eigenvalue weighted by molar-refractivity contribution is 7.96. The van der Waals surface area contributed by atoms with Gasteiger partial charge in [0.15, 0.2) is 5.37 Å². The molecule has 84 valence electrons. The summed E-state index contributed by atoms with van der Waals surface area (Å²) in [5, 5.41) is 1.37. The van der Waals surface area contributed by atoms with Gasteiger partial charge in [-0.3, -0.25) is 19.8 Å². The minimum Gasteiger partial charge on any atom is -0.389 e. The highest BCUT2D eigenvalue weighted by atomic mass is 32.2. The maximum absolute atomic E-state index is 11.3. The number of urea groups is 1. The number of carbonyl (C=O) groups excluding carboxylic acids is 3. The largest absolute Gasteiger partial charge is 0.389 e. The maximum atomic E-state index is 11.3. The van der Waals surface area contributed by atoms with Crippen LogP contribution < -0.4 is 5.32 Å². The lowest BCUT2D eigenvalue weighted by Gasteiger charge is -2.23. The van der Waals surface area contributed by atoms with Crippen LogP contribution in [0.3, 0.4) is 0 Å². The normalized spacial score (nSPS) is 20.8. The molecular weight excluding hydrogens is 220 g/mol. The Morgan fingerprint density at radius 2 is 2.13 bits per heavy atom. The van der Waals surface area contributed by atoms with Gasteiger partial charge in [-0.1, -0.05) is 0 Å². The Bertz CT molecular complexity index is 305. The molecule has 0 aromatic heterocycles. The van der Waals surface area contributed by atoms with Gasteiger partial charge >= 0.3 is 12.0 Å². The molecule has 0 aromatic rings. The highest BCUT2D eigenvalue weighted by Gasteiger charge is 2.41. The number of amides is 3.